The molecule has 0 amide bonds. The van der Waals surface area contributed by atoms with Crippen LogP contribution in [0, 0.1) is 0 Å². The van der Waals surface area contributed by atoms with Crippen LogP contribution in [0.4, 0.5) is 5.69 Å². The van der Waals surface area contributed by atoms with E-state index < -0.39 is 0 Å². The summed E-state index contributed by atoms with van der Waals surface area (Å²) in [6.07, 6.45) is 7.69. The van der Waals surface area contributed by atoms with Gasteiger partial charge in [-0.1, -0.05) is 6.42 Å². The van der Waals surface area contributed by atoms with E-state index in [4.69, 9.17) is 5.73 Å². The summed E-state index contributed by atoms with van der Waals surface area (Å²) in [6.45, 7) is 4.55. The van der Waals surface area contributed by atoms with Gasteiger partial charge in [-0.2, -0.15) is 5.10 Å². The number of halogens is 2. The van der Waals surface area contributed by atoms with E-state index in [1.165, 1.54) is 32.4 Å². The van der Waals surface area contributed by atoms with Crippen molar-refractivity contribution in [3.05, 3.63) is 12.4 Å². The molecule has 0 spiro atoms. The molecule has 0 aliphatic carbocycles. The predicted octanol–water partition coefficient (Wildman–Crippen LogP) is 1.79. The van der Waals surface area contributed by atoms with Crippen molar-refractivity contribution in [3.63, 3.8) is 0 Å². The van der Waals surface area contributed by atoms with Gasteiger partial charge >= 0.3 is 0 Å². The first-order chi connectivity index (χ1) is 6.84. The van der Waals surface area contributed by atoms with Crippen molar-refractivity contribution in [2.75, 3.05) is 25.4 Å². The maximum atomic E-state index is 5.59. The fourth-order valence-electron chi connectivity index (χ4n) is 1.93. The average molecular weight is 267 g/mol. The molecule has 6 heteroatoms. The molecule has 4 nitrogen and oxygen atoms in total. The Bertz CT molecular complexity index is 284. The van der Waals surface area contributed by atoms with Crippen molar-refractivity contribution in [2.45, 2.75) is 25.8 Å². The lowest BCUT2D eigenvalue weighted by Gasteiger charge is -2.26. The Morgan fingerprint density at radius 3 is 2.38 bits per heavy atom. The molecule has 0 unspecified atom stereocenters. The number of nitrogen functional groups attached to an aromatic ring is 1. The molecule has 94 valence electrons. The molecular formula is C10H20Cl2N4. The van der Waals surface area contributed by atoms with E-state index in [0.29, 0.717) is 0 Å². The van der Waals surface area contributed by atoms with Crippen LogP contribution in [-0.2, 0) is 6.54 Å². The van der Waals surface area contributed by atoms with E-state index in [1.54, 1.807) is 6.20 Å². The van der Waals surface area contributed by atoms with Gasteiger partial charge in [-0.05, 0) is 25.9 Å². The minimum absolute atomic E-state index is 0. The topological polar surface area (TPSA) is 47.1 Å². The molecule has 1 aliphatic rings. The largest absolute Gasteiger partial charge is 0.396 e. The lowest BCUT2D eigenvalue weighted by Crippen LogP contribution is -2.32. The smallest absolute Gasteiger partial charge is 0.0719 e. The third kappa shape index (κ3) is 4.60. The molecule has 2 heterocycles. The molecule has 2 rings (SSSR count). The summed E-state index contributed by atoms with van der Waals surface area (Å²) >= 11 is 0. The van der Waals surface area contributed by atoms with Crippen LogP contribution in [0.5, 0.6) is 0 Å². The first-order valence-electron chi connectivity index (χ1n) is 5.35. The third-order valence-electron chi connectivity index (χ3n) is 2.75. The summed E-state index contributed by atoms with van der Waals surface area (Å²) in [5.41, 5.74) is 6.34. The van der Waals surface area contributed by atoms with Gasteiger partial charge in [0, 0.05) is 12.7 Å². The molecule has 0 saturated carbocycles. The number of rotatable bonds is 3. The van der Waals surface area contributed by atoms with Gasteiger partial charge in [-0.15, -0.1) is 24.8 Å². The Hall–Kier alpha value is -0.450. The second-order valence-corrected chi connectivity index (χ2v) is 3.94. The lowest BCUT2D eigenvalue weighted by atomic mass is 10.1. The van der Waals surface area contributed by atoms with E-state index in [2.05, 4.69) is 10.00 Å². The fraction of sp³-hybridized carbons (Fsp3) is 0.700. The predicted molar refractivity (Wildman–Crippen MR) is 71.4 cm³/mol. The van der Waals surface area contributed by atoms with E-state index in [1.807, 2.05) is 10.9 Å². The monoisotopic (exact) mass is 266 g/mol. The van der Waals surface area contributed by atoms with Crippen LogP contribution in [0.2, 0.25) is 0 Å². The standard InChI is InChI=1S/C10H18N4.2ClH/c11-10-8-12-14(9-10)7-6-13-4-2-1-3-5-13;;/h8-9H,1-7,11H2;2*1H. The number of hydrogen-bond acceptors (Lipinski definition) is 3. The number of nitrogens with two attached hydrogens (primary N) is 1. The molecule has 1 aromatic rings. The summed E-state index contributed by atoms with van der Waals surface area (Å²) in [4.78, 5) is 2.50. The van der Waals surface area contributed by atoms with Gasteiger partial charge in [0.1, 0.15) is 0 Å². The van der Waals surface area contributed by atoms with Crippen molar-refractivity contribution in [2.24, 2.45) is 0 Å². The zero-order valence-corrected chi connectivity index (χ0v) is 11.0. The highest BCUT2D eigenvalue weighted by molar-refractivity contribution is 5.85. The van der Waals surface area contributed by atoms with Crippen molar-refractivity contribution < 1.29 is 0 Å². The Morgan fingerprint density at radius 1 is 1.12 bits per heavy atom. The molecular weight excluding hydrogens is 247 g/mol. The van der Waals surface area contributed by atoms with Crippen LogP contribution in [0.1, 0.15) is 19.3 Å². The Kier molecular flexibility index (Phi) is 7.55. The van der Waals surface area contributed by atoms with Gasteiger partial charge in [-0.3, -0.25) is 4.68 Å². The molecule has 0 aromatic carbocycles. The SMILES string of the molecule is Cl.Cl.Nc1cnn(CCN2CCCCC2)c1. The number of likely N-dealkylation sites (tertiary alicyclic amines) is 1. The first-order valence-corrected chi connectivity index (χ1v) is 5.35. The maximum absolute atomic E-state index is 5.59. The minimum Gasteiger partial charge on any atom is -0.396 e. The second-order valence-electron chi connectivity index (χ2n) is 3.94. The van der Waals surface area contributed by atoms with E-state index in [9.17, 15) is 0 Å². The van der Waals surface area contributed by atoms with Gasteiger partial charge in [0.15, 0.2) is 0 Å². The van der Waals surface area contributed by atoms with Crippen LogP contribution in [0.3, 0.4) is 0 Å². The fourth-order valence-corrected chi connectivity index (χ4v) is 1.93. The third-order valence-corrected chi connectivity index (χ3v) is 2.75. The molecule has 0 atom stereocenters. The van der Waals surface area contributed by atoms with Crippen LogP contribution in [0.25, 0.3) is 0 Å². The van der Waals surface area contributed by atoms with Gasteiger partial charge in [0.05, 0.1) is 18.4 Å². The quantitative estimate of drug-likeness (QED) is 0.908. The first kappa shape index (κ1) is 15.6. The second kappa shape index (κ2) is 7.76. The molecule has 1 saturated heterocycles. The number of aromatic nitrogens is 2. The number of nitrogens with zero attached hydrogens (tertiary/aromatic N) is 3. The van der Waals surface area contributed by atoms with E-state index in [0.717, 1.165) is 18.8 Å². The van der Waals surface area contributed by atoms with Crippen LogP contribution in [-0.4, -0.2) is 34.3 Å². The van der Waals surface area contributed by atoms with E-state index >= 15 is 0 Å². The maximum Gasteiger partial charge on any atom is 0.0719 e. The van der Waals surface area contributed by atoms with Gasteiger partial charge in [0.25, 0.3) is 0 Å². The Balaban J connectivity index is 0.00000112. The summed E-state index contributed by atoms with van der Waals surface area (Å²) in [7, 11) is 0. The van der Waals surface area contributed by atoms with Crippen LogP contribution < -0.4 is 5.73 Å². The van der Waals surface area contributed by atoms with Crippen LogP contribution in [0.15, 0.2) is 12.4 Å². The summed E-state index contributed by atoms with van der Waals surface area (Å²) in [6, 6.07) is 0. The highest BCUT2D eigenvalue weighted by Gasteiger charge is 2.09. The number of piperidine rings is 1. The number of anilines is 1. The van der Waals surface area contributed by atoms with Crippen molar-refractivity contribution in [1.29, 1.82) is 0 Å². The Morgan fingerprint density at radius 2 is 1.81 bits per heavy atom. The Labute approximate surface area is 109 Å². The molecule has 0 radical (unpaired) electrons. The zero-order valence-electron chi connectivity index (χ0n) is 9.34. The molecule has 1 fully saturated rings. The molecule has 0 bridgehead atoms. The van der Waals surface area contributed by atoms with Gasteiger partial charge in [-0.25, -0.2) is 0 Å². The molecule has 16 heavy (non-hydrogen) atoms. The highest BCUT2D eigenvalue weighted by atomic mass is 35.5. The summed E-state index contributed by atoms with van der Waals surface area (Å²) in [5, 5.41) is 4.17. The van der Waals surface area contributed by atoms with E-state index in [-0.39, 0.29) is 24.8 Å². The van der Waals surface area contributed by atoms with Crippen molar-refractivity contribution in [3.8, 4) is 0 Å². The van der Waals surface area contributed by atoms with Gasteiger partial charge < -0.3 is 10.6 Å². The minimum atomic E-state index is 0. The molecule has 2 N–H and O–H groups in total. The molecule has 1 aliphatic heterocycles. The lowest BCUT2D eigenvalue weighted by molar-refractivity contribution is 0.218. The van der Waals surface area contributed by atoms with Gasteiger partial charge in [0.2, 0.25) is 0 Å². The normalized spacial score (nSPS) is 16.2. The zero-order chi connectivity index (χ0) is 9.80. The number of hydrogen-bond donors (Lipinski definition) is 1. The van der Waals surface area contributed by atoms with Crippen molar-refractivity contribution in [1.82, 2.24) is 14.7 Å². The van der Waals surface area contributed by atoms with Crippen molar-refractivity contribution >= 4 is 30.5 Å². The average Bonchev–Trinajstić information content (AvgIpc) is 2.63. The van der Waals surface area contributed by atoms with Crippen LogP contribution >= 0.6 is 24.8 Å². The highest BCUT2D eigenvalue weighted by Crippen LogP contribution is 2.08. The molecule has 1 aromatic heterocycles. The summed E-state index contributed by atoms with van der Waals surface area (Å²) in [5.74, 6) is 0. The summed E-state index contributed by atoms with van der Waals surface area (Å²) < 4.78 is 1.92.